The molecule has 2 rings (SSSR count). The SMILES string of the molecule is C#Cc1cccc(NCc2nc(C(C)(C)C)cs2)c1. The van der Waals surface area contributed by atoms with E-state index in [0.29, 0.717) is 0 Å². The standard InChI is InChI=1S/C16H18N2S/c1-5-12-7-6-8-13(9-12)17-10-15-18-14(11-19-15)16(2,3)4/h1,6-9,11,17H,10H2,2-4H3. The van der Waals surface area contributed by atoms with Crippen molar-refractivity contribution in [1.82, 2.24) is 4.98 Å². The third-order valence-corrected chi connectivity index (χ3v) is 3.64. The largest absolute Gasteiger partial charge is 0.378 e. The van der Waals surface area contributed by atoms with Crippen molar-refractivity contribution in [3.05, 3.63) is 45.9 Å². The first-order chi connectivity index (χ1) is 8.99. The van der Waals surface area contributed by atoms with Gasteiger partial charge in [-0.15, -0.1) is 17.8 Å². The van der Waals surface area contributed by atoms with E-state index in [-0.39, 0.29) is 5.41 Å². The Kier molecular flexibility index (Phi) is 3.92. The summed E-state index contributed by atoms with van der Waals surface area (Å²) >= 11 is 1.69. The third-order valence-electron chi connectivity index (χ3n) is 2.79. The number of thiazole rings is 1. The van der Waals surface area contributed by atoms with Crippen molar-refractivity contribution in [1.29, 1.82) is 0 Å². The van der Waals surface area contributed by atoms with E-state index >= 15 is 0 Å². The molecule has 0 aliphatic rings. The molecular weight excluding hydrogens is 252 g/mol. The third kappa shape index (κ3) is 3.59. The lowest BCUT2D eigenvalue weighted by molar-refractivity contribution is 0.571. The highest BCUT2D eigenvalue weighted by Gasteiger charge is 2.17. The Labute approximate surface area is 118 Å². The summed E-state index contributed by atoms with van der Waals surface area (Å²) < 4.78 is 0. The van der Waals surface area contributed by atoms with Crippen molar-refractivity contribution in [3.8, 4) is 12.3 Å². The average Bonchev–Trinajstić information content (AvgIpc) is 2.85. The number of anilines is 1. The Morgan fingerprint density at radius 3 is 2.79 bits per heavy atom. The number of benzene rings is 1. The molecule has 0 aliphatic heterocycles. The van der Waals surface area contributed by atoms with Crippen molar-refractivity contribution < 1.29 is 0 Å². The smallest absolute Gasteiger partial charge is 0.112 e. The molecule has 19 heavy (non-hydrogen) atoms. The van der Waals surface area contributed by atoms with E-state index in [2.05, 4.69) is 42.4 Å². The molecule has 0 unspecified atom stereocenters. The number of hydrogen-bond acceptors (Lipinski definition) is 3. The van der Waals surface area contributed by atoms with E-state index in [1.54, 1.807) is 11.3 Å². The van der Waals surface area contributed by atoms with Crippen molar-refractivity contribution in [2.45, 2.75) is 32.7 Å². The molecular formula is C16H18N2S. The summed E-state index contributed by atoms with van der Waals surface area (Å²) in [5.74, 6) is 2.64. The number of rotatable bonds is 3. The molecule has 1 aromatic carbocycles. The molecule has 0 atom stereocenters. The van der Waals surface area contributed by atoms with Crippen LogP contribution in [0, 0.1) is 12.3 Å². The maximum atomic E-state index is 5.39. The Hall–Kier alpha value is -1.79. The van der Waals surface area contributed by atoms with Crippen LogP contribution in [0.25, 0.3) is 0 Å². The zero-order valence-electron chi connectivity index (χ0n) is 11.5. The van der Waals surface area contributed by atoms with Gasteiger partial charge in [-0.05, 0) is 18.2 Å². The molecule has 0 saturated carbocycles. The van der Waals surface area contributed by atoms with E-state index in [1.807, 2.05) is 24.3 Å². The average molecular weight is 270 g/mol. The second-order valence-corrected chi connectivity index (χ2v) is 6.40. The van der Waals surface area contributed by atoms with Crippen LogP contribution in [0.3, 0.4) is 0 Å². The van der Waals surface area contributed by atoms with Gasteiger partial charge in [0.2, 0.25) is 0 Å². The minimum atomic E-state index is 0.109. The van der Waals surface area contributed by atoms with Crippen molar-refractivity contribution >= 4 is 17.0 Å². The summed E-state index contributed by atoms with van der Waals surface area (Å²) in [7, 11) is 0. The van der Waals surface area contributed by atoms with Gasteiger partial charge in [0.15, 0.2) is 0 Å². The Bertz CT molecular complexity index is 600. The highest BCUT2D eigenvalue weighted by Crippen LogP contribution is 2.24. The lowest BCUT2D eigenvalue weighted by Gasteiger charge is -2.14. The van der Waals surface area contributed by atoms with Gasteiger partial charge in [-0.25, -0.2) is 4.98 Å². The van der Waals surface area contributed by atoms with Crippen LogP contribution in [0.2, 0.25) is 0 Å². The van der Waals surface area contributed by atoms with E-state index in [0.717, 1.165) is 28.5 Å². The lowest BCUT2D eigenvalue weighted by atomic mass is 9.93. The van der Waals surface area contributed by atoms with Crippen LogP contribution in [0.5, 0.6) is 0 Å². The summed E-state index contributed by atoms with van der Waals surface area (Å²) in [4.78, 5) is 4.65. The molecule has 0 fully saturated rings. The first-order valence-corrected chi connectivity index (χ1v) is 7.12. The van der Waals surface area contributed by atoms with Gasteiger partial charge < -0.3 is 5.32 Å². The van der Waals surface area contributed by atoms with Crippen LogP contribution in [0.15, 0.2) is 29.6 Å². The first kappa shape index (κ1) is 13.6. The lowest BCUT2D eigenvalue weighted by Crippen LogP contribution is -2.11. The van der Waals surface area contributed by atoms with Crippen molar-refractivity contribution in [2.75, 3.05) is 5.32 Å². The van der Waals surface area contributed by atoms with Crippen molar-refractivity contribution in [2.24, 2.45) is 0 Å². The molecule has 0 radical (unpaired) electrons. The van der Waals surface area contributed by atoms with E-state index in [1.165, 1.54) is 0 Å². The van der Waals surface area contributed by atoms with Crippen LogP contribution in [0.4, 0.5) is 5.69 Å². The highest BCUT2D eigenvalue weighted by molar-refractivity contribution is 7.09. The Balaban J connectivity index is 2.03. The fourth-order valence-corrected chi connectivity index (χ4v) is 2.59. The molecule has 0 bridgehead atoms. The minimum absolute atomic E-state index is 0.109. The summed E-state index contributed by atoms with van der Waals surface area (Å²) in [6, 6.07) is 7.86. The molecule has 2 nitrogen and oxygen atoms in total. The second-order valence-electron chi connectivity index (χ2n) is 5.46. The predicted molar refractivity (Wildman–Crippen MR) is 82.5 cm³/mol. The fraction of sp³-hybridized carbons (Fsp3) is 0.312. The van der Waals surface area contributed by atoms with Gasteiger partial charge in [0.05, 0.1) is 12.2 Å². The molecule has 1 heterocycles. The topological polar surface area (TPSA) is 24.9 Å². The Morgan fingerprint density at radius 2 is 2.16 bits per heavy atom. The van der Waals surface area contributed by atoms with Crippen LogP contribution in [-0.4, -0.2) is 4.98 Å². The quantitative estimate of drug-likeness (QED) is 0.852. The molecule has 0 aliphatic carbocycles. The van der Waals surface area contributed by atoms with Crippen LogP contribution in [-0.2, 0) is 12.0 Å². The molecule has 3 heteroatoms. The predicted octanol–water partition coefficient (Wildman–Crippen LogP) is 4.03. The van der Waals surface area contributed by atoms with Gasteiger partial charge in [-0.3, -0.25) is 0 Å². The highest BCUT2D eigenvalue weighted by atomic mass is 32.1. The van der Waals surface area contributed by atoms with Crippen LogP contribution in [0.1, 0.15) is 37.0 Å². The van der Waals surface area contributed by atoms with E-state index in [4.69, 9.17) is 6.42 Å². The first-order valence-electron chi connectivity index (χ1n) is 6.24. The fourth-order valence-electron chi connectivity index (χ4n) is 1.63. The van der Waals surface area contributed by atoms with Gasteiger partial charge >= 0.3 is 0 Å². The van der Waals surface area contributed by atoms with Crippen molar-refractivity contribution in [3.63, 3.8) is 0 Å². The Morgan fingerprint density at radius 1 is 1.37 bits per heavy atom. The molecule has 98 valence electrons. The number of nitrogens with one attached hydrogen (secondary N) is 1. The maximum Gasteiger partial charge on any atom is 0.112 e. The summed E-state index contributed by atoms with van der Waals surface area (Å²) in [5.41, 5.74) is 3.17. The number of nitrogens with zero attached hydrogens (tertiary/aromatic N) is 1. The van der Waals surface area contributed by atoms with Crippen LogP contribution >= 0.6 is 11.3 Å². The summed E-state index contributed by atoms with van der Waals surface area (Å²) in [6.07, 6.45) is 5.39. The van der Waals surface area contributed by atoms with Gasteiger partial charge in [-0.2, -0.15) is 0 Å². The molecule has 0 amide bonds. The number of aromatic nitrogens is 1. The molecule has 0 spiro atoms. The zero-order chi connectivity index (χ0) is 13.9. The van der Waals surface area contributed by atoms with Gasteiger partial charge in [0.1, 0.15) is 5.01 Å². The van der Waals surface area contributed by atoms with E-state index in [9.17, 15) is 0 Å². The minimum Gasteiger partial charge on any atom is -0.378 e. The van der Waals surface area contributed by atoms with Crippen LogP contribution < -0.4 is 5.32 Å². The van der Waals surface area contributed by atoms with E-state index < -0.39 is 0 Å². The summed E-state index contributed by atoms with van der Waals surface area (Å²) in [6.45, 7) is 7.26. The normalized spacial score (nSPS) is 11.1. The summed E-state index contributed by atoms with van der Waals surface area (Å²) in [5, 5.41) is 6.58. The zero-order valence-corrected chi connectivity index (χ0v) is 12.3. The number of hydrogen-bond donors (Lipinski definition) is 1. The molecule has 1 aromatic heterocycles. The maximum absolute atomic E-state index is 5.39. The molecule has 1 N–H and O–H groups in total. The van der Waals surface area contributed by atoms with Gasteiger partial charge in [-0.1, -0.05) is 32.8 Å². The molecule has 0 saturated heterocycles. The monoisotopic (exact) mass is 270 g/mol. The molecule has 2 aromatic rings. The van der Waals surface area contributed by atoms with Gasteiger partial charge in [0.25, 0.3) is 0 Å². The van der Waals surface area contributed by atoms with Gasteiger partial charge in [0, 0.05) is 22.0 Å². The number of terminal acetylenes is 1. The second kappa shape index (κ2) is 5.46.